The maximum absolute atomic E-state index is 12.2. The minimum Gasteiger partial charge on any atom is -0.490 e. The van der Waals surface area contributed by atoms with Crippen molar-refractivity contribution in [3.63, 3.8) is 0 Å². The van der Waals surface area contributed by atoms with Gasteiger partial charge in [0, 0.05) is 13.1 Å². The fraction of sp³-hybridized carbons (Fsp3) is 0.556. The molecule has 1 aromatic rings. The van der Waals surface area contributed by atoms with Gasteiger partial charge in [-0.1, -0.05) is 26.0 Å². The van der Waals surface area contributed by atoms with E-state index in [2.05, 4.69) is 34.7 Å². The van der Waals surface area contributed by atoms with Gasteiger partial charge >= 0.3 is 6.03 Å². The number of likely N-dealkylation sites (N-methyl/N-ethyl adjacent to an activating group) is 1. The molecule has 0 aromatic heterocycles. The van der Waals surface area contributed by atoms with E-state index in [4.69, 9.17) is 4.74 Å². The maximum atomic E-state index is 12.2. The second-order valence-corrected chi connectivity index (χ2v) is 5.96. The number of anilines is 1. The summed E-state index contributed by atoms with van der Waals surface area (Å²) in [6.45, 7) is 8.23. The Hall–Kier alpha value is -2.28. The van der Waals surface area contributed by atoms with Crippen molar-refractivity contribution >= 4 is 17.6 Å². The van der Waals surface area contributed by atoms with Gasteiger partial charge in [0.15, 0.2) is 0 Å². The molecule has 0 saturated carbocycles. The SMILES string of the molecule is CCN(CC)CCOc1ccccc1NC(=O)NC1CCCNC1=O. The number of nitrogens with one attached hydrogen (secondary N) is 3. The first kappa shape index (κ1) is 19.1. The lowest BCUT2D eigenvalue weighted by Crippen LogP contribution is -2.51. The zero-order chi connectivity index (χ0) is 18.1. The second kappa shape index (κ2) is 9.88. The van der Waals surface area contributed by atoms with Gasteiger partial charge in [-0.3, -0.25) is 4.79 Å². The smallest absolute Gasteiger partial charge is 0.319 e. The van der Waals surface area contributed by atoms with Gasteiger partial charge in [0.05, 0.1) is 5.69 Å². The number of hydrogen-bond donors (Lipinski definition) is 3. The molecular formula is C18H28N4O3. The van der Waals surface area contributed by atoms with E-state index >= 15 is 0 Å². The number of carbonyl (C=O) groups excluding carboxylic acids is 2. The molecular weight excluding hydrogens is 320 g/mol. The fourth-order valence-electron chi connectivity index (χ4n) is 2.75. The zero-order valence-corrected chi connectivity index (χ0v) is 15.0. The summed E-state index contributed by atoms with van der Waals surface area (Å²) in [5, 5.41) is 8.24. The minimum absolute atomic E-state index is 0.134. The summed E-state index contributed by atoms with van der Waals surface area (Å²) >= 11 is 0. The van der Waals surface area contributed by atoms with Gasteiger partial charge in [0.2, 0.25) is 5.91 Å². The highest BCUT2D eigenvalue weighted by atomic mass is 16.5. The first-order valence-corrected chi connectivity index (χ1v) is 8.93. The van der Waals surface area contributed by atoms with E-state index in [0.717, 1.165) is 26.1 Å². The molecule has 3 amide bonds. The molecule has 25 heavy (non-hydrogen) atoms. The van der Waals surface area contributed by atoms with Gasteiger partial charge in [-0.15, -0.1) is 0 Å². The van der Waals surface area contributed by atoms with Gasteiger partial charge in [0.25, 0.3) is 0 Å². The Labute approximate surface area is 149 Å². The minimum atomic E-state index is -0.482. The molecule has 1 heterocycles. The lowest BCUT2D eigenvalue weighted by molar-refractivity contribution is -0.124. The van der Waals surface area contributed by atoms with Crippen molar-refractivity contribution in [1.82, 2.24) is 15.5 Å². The Bertz CT molecular complexity index is 575. The van der Waals surface area contributed by atoms with E-state index < -0.39 is 12.1 Å². The van der Waals surface area contributed by atoms with Crippen LogP contribution in [0.2, 0.25) is 0 Å². The van der Waals surface area contributed by atoms with Gasteiger partial charge in [-0.25, -0.2) is 4.79 Å². The van der Waals surface area contributed by atoms with Crippen molar-refractivity contribution in [2.45, 2.75) is 32.7 Å². The largest absolute Gasteiger partial charge is 0.490 e. The van der Waals surface area contributed by atoms with E-state index in [1.165, 1.54) is 0 Å². The summed E-state index contributed by atoms with van der Waals surface area (Å²) in [5.74, 6) is 0.489. The number of rotatable bonds is 8. The van der Waals surface area contributed by atoms with Crippen molar-refractivity contribution in [3.05, 3.63) is 24.3 Å². The average molecular weight is 348 g/mol. The molecule has 3 N–H and O–H groups in total. The molecule has 1 unspecified atom stereocenters. The van der Waals surface area contributed by atoms with E-state index in [9.17, 15) is 9.59 Å². The molecule has 0 aliphatic carbocycles. The topological polar surface area (TPSA) is 82.7 Å². The molecule has 2 rings (SSSR count). The van der Waals surface area contributed by atoms with Crippen LogP contribution in [0.1, 0.15) is 26.7 Å². The first-order valence-electron chi connectivity index (χ1n) is 8.93. The maximum Gasteiger partial charge on any atom is 0.319 e. The lowest BCUT2D eigenvalue weighted by Gasteiger charge is -2.23. The molecule has 1 aromatic carbocycles. The molecule has 1 aliphatic heterocycles. The predicted molar refractivity (Wildman–Crippen MR) is 97.9 cm³/mol. The highest BCUT2D eigenvalue weighted by Gasteiger charge is 2.23. The Morgan fingerprint density at radius 3 is 2.80 bits per heavy atom. The highest BCUT2D eigenvalue weighted by Crippen LogP contribution is 2.23. The van der Waals surface area contributed by atoms with Crippen molar-refractivity contribution in [2.75, 3.05) is 38.1 Å². The molecule has 0 bridgehead atoms. The Kier molecular flexibility index (Phi) is 7.53. The second-order valence-electron chi connectivity index (χ2n) is 5.96. The van der Waals surface area contributed by atoms with E-state index in [0.29, 0.717) is 31.0 Å². The normalized spacial score (nSPS) is 17.1. The molecule has 138 valence electrons. The van der Waals surface area contributed by atoms with Crippen LogP contribution in [0.15, 0.2) is 24.3 Å². The Morgan fingerprint density at radius 1 is 1.32 bits per heavy atom. The van der Waals surface area contributed by atoms with Gasteiger partial charge < -0.3 is 25.6 Å². The highest BCUT2D eigenvalue weighted by molar-refractivity contribution is 5.94. The summed E-state index contributed by atoms with van der Waals surface area (Å²) in [6.07, 6.45) is 1.52. The van der Waals surface area contributed by atoms with Crippen LogP contribution in [-0.2, 0) is 4.79 Å². The lowest BCUT2D eigenvalue weighted by atomic mass is 10.1. The molecule has 1 atom stereocenters. The van der Waals surface area contributed by atoms with E-state index in [-0.39, 0.29) is 5.91 Å². The van der Waals surface area contributed by atoms with Crippen LogP contribution < -0.4 is 20.7 Å². The van der Waals surface area contributed by atoms with Crippen LogP contribution in [0, 0.1) is 0 Å². The summed E-state index contributed by atoms with van der Waals surface area (Å²) in [7, 11) is 0. The van der Waals surface area contributed by atoms with Crippen LogP contribution in [-0.4, -0.2) is 55.7 Å². The fourth-order valence-corrected chi connectivity index (χ4v) is 2.75. The molecule has 0 radical (unpaired) electrons. The van der Waals surface area contributed by atoms with Crippen molar-refractivity contribution in [3.8, 4) is 5.75 Å². The molecule has 1 aliphatic rings. The number of nitrogens with zero attached hydrogens (tertiary/aromatic N) is 1. The summed E-state index contributed by atoms with van der Waals surface area (Å²) in [6, 6.07) is 6.43. The van der Waals surface area contributed by atoms with E-state index in [1.54, 1.807) is 6.07 Å². The number of carbonyl (C=O) groups is 2. The molecule has 7 nitrogen and oxygen atoms in total. The van der Waals surface area contributed by atoms with Crippen LogP contribution in [0.4, 0.5) is 10.5 Å². The zero-order valence-electron chi connectivity index (χ0n) is 15.0. The van der Waals surface area contributed by atoms with Crippen molar-refractivity contribution < 1.29 is 14.3 Å². The number of hydrogen-bond acceptors (Lipinski definition) is 4. The third-order valence-corrected chi connectivity index (χ3v) is 4.29. The summed E-state index contributed by atoms with van der Waals surface area (Å²) < 4.78 is 5.82. The van der Waals surface area contributed by atoms with Crippen LogP contribution in [0.5, 0.6) is 5.75 Å². The van der Waals surface area contributed by atoms with Crippen molar-refractivity contribution in [2.24, 2.45) is 0 Å². The number of benzene rings is 1. The van der Waals surface area contributed by atoms with Gasteiger partial charge in [-0.05, 0) is 38.1 Å². The predicted octanol–water partition coefficient (Wildman–Crippen LogP) is 1.81. The Balaban J connectivity index is 1.88. The summed E-state index contributed by atoms with van der Waals surface area (Å²) in [5.41, 5.74) is 0.593. The number of ether oxygens (including phenoxy) is 1. The van der Waals surface area contributed by atoms with E-state index in [1.807, 2.05) is 18.2 Å². The Morgan fingerprint density at radius 2 is 2.08 bits per heavy atom. The monoisotopic (exact) mass is 348 g/mol. The molecule has 1 fully saturated rings. The third-order valence-electron chi connectivity index (χ3n) is 4.29. The molecule has 1 saturated heterocycles. The quantitative estimate of drug-likeness (QED) is 0.669. The molecule has 7 heteroatoms. The van der Waals surface area contributed by atoms with Crippen molar-refractivity contribution in [1.29, 1.82) is 0 Å². The van der Waals surface area contributed by atoms with Crippen LogP contribution in [0.3, 0.4) is 0 Å². The summed E-state index contributed by atoms with van der Waals surface area (Å²) in [4.78, 5) is 26.2. The van der Waals surface area contributed by atoms with Gasteiger partial charge in [0.1, 0.15) is 18.4 Å². The number of urea groups is 1. The first-order chi connectivity index (χ1) is 12.1. The van der Waals surface area contributed by atoms with Gasteiger partial charge in [-0.2, -0.15) is 0 Å². The average Bonchev–Trinajstić information content (AvgIpc) is 2.62. The number of para-hydroxylation sites is 2. The number of amides is 3. The number of piperidine rings is 1. The van der Waals surface area contributed by atoms with Crippen LogP contribution >= 0.6 is 0 Å². The third kappa shape index (κ3) is 5.94. The van der Waals surface area contributed by atoms with Crippen LogP contribution in [0.25, 0.3) is 0 Å². The molecule has 0 spiro atoms. The standard InChI is InChI=1S/C18H28N4O3/c1-3-22(4-2)12-13-25-16-10-6-5-8-14(16)20-18(24)21-15-9-7-11-19-17(15)23/h5-6,8,10,15H,3-4,7,9,11-13H2,1-2H3,(H,19,23)(H2,20,21,24).